The van der Waals surface area contributed by atoms with E-state index in [0.29, 0.717) is 24.3 Å². The molecule has 0 bridgehead atoms. The van der Waals surface area contributed by atoms with Gasteiger partial charge < -0.3 is 4.90 Å². The molecule has 0 radical (unpaired) electrons. The second kappa shape index (κ2) is 8.43. The van der Waals surface area contributed by atoms with Gasteiger partial charge in [0.2, 0.25) is 0 Å². The molecule has 1 heterocycles. The van der Waals surface area contributed by atoms with Gasteiger partial charge in [-0.25, -0.2) is 4.98 Å². The molecule has 0 aliphatic heterocycles. The van der Waals surface area contributed by atoms with E-state index in [0.717, 1.165) is 16.1 Å². The standard InChI is InChI=1S/C22H19N3OS/c1-3-12-25(14-18-8-6-17(13-23)7-9-18)22(26)20-15-27-21(24-20)19-10-4-16(2)5-11-19/h3-11,15H,1,12,14H2,2H3. The Kier molecular flexibility index (Phi) is 5.80. The molecule has 0 saturated carbocycles. The second-order valence-electron chi connectivity index (χ2n) is 6.19. The predicted molar refractivity (Wildman–Crippen MR) is 108 cm³/mol. The minimum absolute atomic E-state index is 0.131. The SMILES string of the molecule is C=CCN(Cc1ccc(C#N)cc1)C(=O)c1csc(-c2ccc(C)cc2)n1. The maximum atomic E-state index is 12.9. The number of aryl methyl sites for hydroxylation is 1. The minimum Gasteiger partial charge on any atom is -0.329 e. The summed E-state index contributed by atoms with van der Waals surface area (Å²) >= 11 is 1.46. The Morgan fingerprint density at radius 1 is 1.22 bits per heavy atom. The number of thiazole rings is 1. The first kappa shape index (κ1) is 18.6. The fourth-order valence-electron chi connectivity index (χ4n) is 2.64. The van der Waals surface area contributed by atoms with Crippen molar-refractivity contribution in [2.45, 2.75) is 13.5 Å². The van der Waals surface area contributed by atoms with Crippen molar-refractivity contribution in [1.82, 2.24) is 9.88 Å². The molecule has 0 spiro atoms. The van der Waals surface area contributed by atoms with E-state index < -0.39 is 0 Å². The molecule has 1 amide bonds. The van der Waals surface area contributed by atoms with Crippen LogP contribution in [0.1, 0.15) is 27.2 Å². The summed E-state index contributed by atoms with van der Waals surface area (Å²) in [5.74, 6) is -0.131. The highest BCUT2D eigenvalue weighted by atomic mass is 32.1. The van der Waals surface area contributed by atoms with Crippen LogP contribution < -0.4 is 0 Å². The van der Waals surface area contributed by atoms with Crippen LogP contribution in [-0.4, -0.2) is 22.3 Å². The first-order chi connectivity index (χ1) is 13.1. The van der Waals surface area contributed by atoms with Crippen LogP contribution in [0.2, 0.25) is 0 Å². The zero-order valence-electron chi connectivity index (χ0n) is 15.1. The molecule has 4 nitrogen and oxygen atoms in total. The van der Waals surface area contributed by atoms with Crippen LogP contribution in [0.5, 0.6) is 0 Å². The lowest BCUT2D eigenvalue weighted by molar-refractivity contribution is 0.0757. The number of nitriles is 1. The van der Waals surface area contributed by atoms with Crippen LogP contribution >= 0.6 is 11.3 Å². The predicted octanol–water partition coefficient (Wildman–Crippen LogP) is 4.82. The van der Waals surface area contributed by atoms with Crippen molar-refractivity contribution in [3.8, 4) is 16.6 Å². The van der Waals surface area contributed by atoms with Crippen molar-refractivity contribution in [1.29, 1.82) is 5.26 Å². The van der Waals surface area contributed by atoms with Crippen molar-refractivity contribution in [3.05, 3.63) is 89.0 Å². The zero-order chi connectivity index (χ0) is 19.2. The number of rotatable bonds is 6. The van der Waals surface area contributed by atoms with Gasteiger partial charge in [0.25, 0.3) is 5.91 Å². The third kappa shape index (κ3) is 4.49. The van der Waals surface area contributed by atoms with Gasteiger partial charge in [0, 0.05) is 24.0 Å². The van der Waals surface area contributed by atoms with Crippen molar-refractivity contribution < 1.29 is 4.79 Å². The van der Waals surface area contributed by atoms with Gasteiger partial charge in [-0.1, -0.05) is 48.0 Å². The molecule has 5 heteroatoms. The lowest BCUT2D eigenvalue weighted by Gasteiger charge is -2.20. The molecule has 0 fully saturated rings. The molecule has 134 valence electrons. The highest BCUT2D eigenvalue weighted by molar-refractivity contribution is 7.13. The van der Waals surface area contributed by atoms with E-state index in [9.17, 15) is 4.79 Å². The van der Waals surface area contributed by atoms with Gasteiger partial charge in [0.05, 0.1) is 11.6 Å². The van der Waals surface area contributed by atoms with E-state index in [1.54, 1.807) is 28.5 Å². The number of carbonyl (C=O) groups excluding carboxylic acids is 1. The topological polar surface area (TPSA) is 57.0 Å². The fourth-order valence-corrected chi connectivity index (χ4v) is 3.44. The number of aromatic nitrogens is 1. The Bertz CT molecular complexity index is 982. The molecule has 0 saturated heterocycles. The molecule has 0 aliphatic rings. The summed E-state index contributed by atoms with van der Waals surface area (Å²) in [4.78, 5) is 19.2. The Hall–Kier alpha value is -3.23. The smallest absolute Gasteiger partial charge is 0.273 e. The normalized spacial score (nSPS) is 10.2. The van der Waals surface area contributed by atoms with Crippen molar-refractivity contribution in [2.24, 2.45) is 0 Å². The van der Waals surface area contributed by atoms with E-state index in [-0.39, 0.29) is 5.91 Å². The quantitative estimate of drug-likeness (QED) is 0.582. The highest BCUT2D eigenvalue weighted by Gasteiger charge is 2.18. The molecule has 0 unspecified atom stereocenters. The van der Waals surface area contributed by atoms with Crippen LogP contribution in [0.15, 0.2) is 66.6 Å². The number of hydrogen-bond donors (Lipinski definition) is 0. The summed E-state index contributed by atoms with van der Waals surface area (Å²) in [5, 5.41) is 11.5. The molecule has 3 rings (SSSR count). The number of amides is 1. The molecule has 1 aromatic heterocycles. The summed E-state index contributed by atoms with van der Waals surface area (Å²) in [6, 6.07) is 17.4. The van der Waals surface area contributed by atoms with E-state index in [1.165, 1.54) is 16.9 Å². The monoisotopic (exact) mass is 373 g/mol. The third-order valence-electron chi connectivity index (χ3n) is 4.11. The lowest BCUT2D eigenvalue weighted by atomic mass is 10.1. The van der Waals surface area contributed by atoms with E-state index >= 15 is 0 Å². The molecular weight excluding hydrogens is 354 g/mol. The van der Waals surface area contributed by atoms with Gasteiger partial charge in [0.1, 0.15) is 10.7 Å². The van der Waals surface area contributed by atoms with Crippen molar-refractivity contribution in [3.63, 3.8) is 0 Å². The van der Waals surface area contributed by atoms with Crippen LogP contribution in [0.4, 0.5) is 0 Å². The summed E-state index contributed by atoms with van der Waals surface area (Å²) < 4.78 is 0. The Morgan fingerprint density at radius 2 is 1.93 bits per heavy atom. The van der Waals surface area contributed by atoms with Crippen molar-refractivity contribution in [2.75, 3.05) is 6.54 Å². The Morgan fingerprint density at radius 3 is 2.56 bits per heavy atom. The average molecular weight is 373 g/mol. The number of hydrogen-bond acceptors (Lipinski definition) is 4. The van der Waals surface area contributed by atoms with Gasteiger partial charge in [-0.3, -0.25) is 4.79 Å². The van der Waals surface area contributed by atoms with Crippen LogP contribution in [0.25, 0.3) is 10.6 Å². The number of benzene rings is 2. The molecule has 2 aromatic carbocycles. The summed E-state index contributed by atoms with van der Waals surface area (Å²) in [6.07, 6.45) is 1.70. The largest absolute Gasteiger partial charge is 0.329 e. The fraction of sp³-hybridized carbons (Fsp3) is 0.136. The van der Waals surface area contributed by atoms with E-state index in [4.69, 9.17) is 5.26 Å². The van der Waals surface area contributed by atoms with Gasteiger partial charge >= 0.3 is 0 Å². The maximum Gasteiger partial charge on any atom is 0.273 e. The second-order valence-corrected chi connectivity index (χ2v) is 7.05. The molecular formula is C22H19N3OS. The number of carbonyl (C=O) groups is 1. The van der Waals surface area contributed by atoms with Gasteiger partial charge in [-0.2, -0.15) is 5.26 Å². The Balaban J connectivity index is 1.79. The maximum absolute atomic E-state index is 12.9. The minimum atomic E-state index is -0.131. The van der Waals surface area contributed by atoms with Gasteiger partial charge in [0.15, 0.2) is 0 Å². The van der Waals surface area contributed by atoms with E-state index in [2.05, 4.69) is 17.6 Å². The van der Waals surface area contributed by atoms with Crippen molar-refractivity contribution >= 4 is 17.2 Å². The summed E-state index contributed by atoms with van der Waals surface area (Å²) in [5.41, 5.74) is 4.19. The highest BCUT2D eigenvalue weighted by Crippen LogP contribution is 2.25. The molecule has 0 atom stereocenters. The Labute approximate surface area is 163 Å². The first-order valence-electron chi connectivity index (χ1n) is 8.52. The molecule has 0 N–H and O–H groups in total. The van der Waals surface area contributed by atoms with Crippen LogP contribution in [-0.2, 0) is 6.54 Å². The van der Waals surface area contributed by atoms with Gasteiger partial charge in [-0.15, -0.1) is 17.9 Å². The lowest BCUT2D eigenvalue weighted by Crippen LogP contribution is -2.31. The molecule has 27 heavy (non-hydrogen) atoms. The third-order valence-corrected chi connectivity index (χ3v) is 5.01. The van der Waals surface area contributed by atoms with E-state index in [1.807, 2.05) is 43.3 Å². The summed E-state index contributed by atoms with van der Waals surface area (Å²) in [7, 11) is 0. The van der Waals surface area contributed by atoms with Crippen LogP contribution in [0.3, 0.4) is 0 Å². The average Bonchev–Trinajstić information content (AvgIpc) is 3.18. The molecule has 0 aliphatic carbocycles. The zero-order valence-corrected chi connectivity index (χ0v) is 15.9. The summed E-state index contributed by atoms with van der Waals surface area (Å²) in [6.45, 7) is 6.66. The van der Waals surface area contributed by atoms with Crippen LogP contribution in [0, 0.1) is 18.3 Å². The first-order valence-corrected chi connectivity index (χ1v) is 9.40. The number of nitrogens with zero attached hydrogens (tertiary/aromatic N) is 3. The molecule has 3 aromatic rings. The van der Waals surface area contributed by atoms with Gasteiger partial charge in [-0.05, 0) is 24.6 Å².